The number of carbonyl (C=O) groups excluding carboxylic acids is 1. The topological polar surface area (TPSA) is 64.7 Å². The number of aryl methyl sites for hydroxylation is 1. The van der Waals surface area contributed by atoms with Crippen molar-refractivity contribution in [3.05, 3.63) is 28.1 Å². The van der Waals surface area contributed by atoms with E-state index in [-0.39, 0.29) is 16.1 Å². The van der Waals surface area contributed by atoms with Gasteiger partial charge in [0.15, 0.2) is 5.82 Å². The Kier molecular flexibility index (Phi) is 4.40. The van der Waals surface area contributed by atoms with E-state index in [1.165, 1.54) is 4.68 Å². The molecular formula is C12H14BrF2N5O. The summed E-state index contributed by atoms with van der Waals surface area (Å²) in [5.74, 6) is 0.0138. The SMILES string of the molecule is Cc1c(Br)c(C(F)F)nn1C(C)C(=O)Nc1ccn(C)n1. The maximum absolute atomic E-state index is 12.8. The van der Waals surface area contributed by atoms with Crippen molar-refractivity contribution in [1.82, 2.24) is 19.6 Å². The number of hydrogen-bond acceptors (Lipinski definition) is 3. The highest BCUT2D eigenvalue weighted by Crippen LogP contribution is 2.30. The largest absolute Gasteiger partial charge is 0.307 e. The van der Waals surface area contributed by atoms with Gasteiger partial charge < -0.3 is 5.32 Å². The van der Waals surface area contributed by atoms with E-state index in [9.17, 15) is 13.6 Å². The van der Waals surface area contributed by atoms with Gasteiger partial charge in [0.05, 0.1) is 10.2 Å². The maximum atomic E-state index is 12.8. The van der Waals surface area contributed by atoms with Gasteiger partial charge in [-0.05, 0) is 29.8 Å². The van der Waals surface area contributed by atoms with Gasteiger partial charge in [-0.1, -0.05) is 0 Å². The Balaban J connectivity index is 2.21. The van der Waals surface area contributed by atoms with Crippen LogP contribution in [0, 0.1) is 6.92 Å². The number of amides is 1. The number of alkyl halides is 2. The van der Waals surface area contributed by atoms with Gasteiger partial charge in [-0.15, -0.1) is 0 Å². The van der Waals surface area contributed by atoms with Crippen LogP contribution in [0.3, 0.4) is 0 Å². The third kappa shape index (κ3) is 3.12. The Bertz CT molecular complexity index is 667. The molecule has 0 aromatic carbocycles. The first-order chi connectivity index (χ1) is 9.81. The second-order valence-electron chi connectivity index (χ2n) is 4.57. The summed E-state index contributed by atoms with van der Waals surface area (Å²) in [7, 11) is 1.72. The molecule has 0 bridgehead atoms. The molecule has 2 aromatic rings. The van der Waals surface area contributed by atoms with Gasteiger partial charge in [-0.25, -0.2) is 8.78 Å². The number of anilines is 1. The van der Waals surface area contributed by atoms with Gasteiger partial charge in [0.25, 0.3) is 6.43 Å². The van der Waals surface area contributed by atoms with Crippen molar-refractivity contribution >= 4 is 27.7 Å². The molecule has 0 saturated carbocycles. The summed E-state index contributed by atoms with van der Waals surface area (Å²) in [5.41, 5.74) is 0.0963. The Morgan fingerprint density at radius 1 is 1.43 bits per heavy atom. The molecule has 0 aliphatic heterocycles. The number of aromatic nitrogens is 4. The zero-order valence-corrected chi connectivity index (χ0v) is 13.2. The molecule has 0 aliphatic carbocycles. The zero-order valence-electron chi connectivity index (χ0n) is 11.6. The summed E-state index contributed by atoms with van der Waals surface area (Å²) < 4.78 is 28.7. The Morgan fingerprint density at radius 3 is 2.57 bits per heavy atom. The lowest BCUT2D eigenvalue weighted by atomic mass is 10.3. The molecule has 0 saturated heterocycles. The van der Waals surface area contributed by atoms with Crippen molar-refractivity contribution in [2.24, 2.45) is 7.05 Å². The number of rotatable bonds is 4. The molecule has 21 heavy (non-hydrogen) atoms. The van der Waals surface area contributed by atoms with Crippen LogP contribution in [-0.2, 0) is 11.8 Å². The smallest absolute Gasteiger partial charge is 0.283 e. The van der Waals surface area contributed by atoms with Crippen molar-refractivity contribution in [2.45, 2.75) is 26.3 Å². The quantitative estimate of drug-likeness (QED) is 0.910. The van der Waals surface area contributed by atoms with E-state index in [0.29, 0.717) is 11.5 Å². The van der Waals surface area contributed by atoms with Gasteiger partial charge in [0.2, 0.25) is 5.91 Å². The van der Waals surface area contributed by atoms with Crippen LogP contribution in [0.25, 0.3) is 0 Å². The van der Waals surface area contributed by atoms with Crippen LogP contribution in [0.15, 0.2) is 16.7 Å². The number of hydrogen-bond donors (Lipinski definition) is 1. The first kappa shape index (κ1) is 15.6. The average molecular weight is 362 g/mol. The fourth-order valence-corrected chi connectivity index (χ4v) is 2.29. The third-order valence-corrected chi connectivity index (χ3v) is 4.00. The van der Waals surface area contributed by atoms with Crippen molar-refractivity contribution in [3.63, 3.8) is 0 Å². The van der Waals surface area contributed by atoms with E-state index < -0.39 is 12.5 Å². The van der Waals surface area contributed by atoms with Crippen LogP contribution in [-0.4, -0.2) is 25.5 Å². The molecule has 0 spiro atoms. The van der Waals surface area contributed by atoms with E-state index in [2.05, 4.69) is 31.4 Å². The monoisotopic (exact) mass is 361 g/mol. The highest BCUT2D eigenvalue weighted by molar-refractivity contribution is 9.10. The Labute approximate surface area is 128 Å². The molecule has 1 unspecified atom stereocenters. The first-order valence-electron chi connectivity index (χ1n) is 6.14. The van der Waals surface area contributed by atoms with E-state index in [1.807, 2.05) is 0 Å². The molecule has 2 heterocycles. The van der Waals surface area contributed by atoms with Gasteiger partial charge in [0.1, 0.15) is 11.7 Å². The van der Waals surface area contributed by atoms with Crippen LogP contribution in [0.4, 0.5) is 14.6 Å². The number of halogens is 3. The van der Waals surface area contributed by atoms with Crippen molar-refractivity contribution in [3.8, 4) is 0 Å². The van der Waals surface area contributed by atoms with Crippen LogP contribution in [0.1, 0.15) is 30.8 Å². The fraction of sp³-hybridized carbons (Fsp3) is 0.417. The second kappa shape index (κ2) is 5.92. The minimum absolute atomic E-state index is 0.218. The van der Waals surface area contributed by atoms with Gasteiger partial charge in [-0.3, -0.25) is 14.2 Å². The third-order valence-electron chi connectivity index (χ3n) is 3.02. The van der Waals surface area contributed by atoms with E-state index in [1.54, 1.807) is 37.8 Å². The van der Waals surface area contributed by atoms with Gasteiger partial charge in [-0.2, -0.15) is 10.2 Å². The summed E-state index contributed by atoms with van der Waals surface area (Å²) in [6.07, 6.45) is -1.02. The standard InChI is InChI=1S/C12H14BrF2N5O/c1-6-9(13)10(11(14)15)18-20(6)7(2)12(21)16-8-4-5-19(3)17-8/h4-5,7,11H,1-3H3,(H,16,17,21). The molecule has 6 nitrogen and oxygen atoms in total. The molecular weight excluding hydrogens is 348 g/mol. The number of nitrogens with one attached hydrogen (secondary N) is 1. The summed E-state index contributed by atoms with van der Waals surface area (Å²) in [6.45, 7) is 3.20. The van der Waals surface area contributed by atoms with Crippen LogP contribution in [0.2, 0.25) is 0 Å². The minimum Gasteiger partial charge on any atom is -0.307 e. The Hall–Kier alpha value is -1.77. The highest BCUT2D eigenvalue weighted by atomic mass is 79.9. The normalized spacial score (nSPS) is 12.7. The second-order valence-corrected chi connectivity index (χ2v) is 5.36. The lowest BCUT2D eigenvalue weighted by molar-refractivity contribution is -0.119. The predicted octanol–water partition coefficient (Wildman–Crippen LogP) is 2.82. The molecule has 9 heteroatoms. The van der Waals surface area contributed by atoms with E-state index >= 15 is 0 Å². The van der Waals surface area contributed by atoms with E-state index in [0.717, 1.165) is 0 Å². The minimum atomic E-state index is -2.70. The summed E-state index contributed by atoms with van der Waals surface area (Å²) in [5, 5.41) is 10.4. The molecule has 1 atom stereocenters. The molecule has 1 N–H and O–H groups in total. The summed E-state index contributed by atoms with van der Waals surface area (Å²) in [6, 6.07) is 0.900. The molecule has 2 rings (SSSR count). The maximum Gasteiger partial charge on any atom is 0.283 e. The summed E-state index contributed by atoms with van der Waals surface area (Å²) in [4.78, 5) is 12.1. The lowest BCUT2D eigenvalue weighted by Gasteiger charge is -2.13. The fourth-order valence-electron chi connectivity index (χ4n) is 1.86. The molecule has 114 valence electrons. The predicted molar refractivity (Wildman–Crippen MR) is 76.2 cm³/mol. The molecule has 1 amide bonds. The van der Waals surface area contributed by atoms with E-state index in [4.69, 9.17) is 0 Å². The van der Waals surface area contributed by atoms with Gasteiger partial charge in [0, 0.05) is 19.3 Å². The molecule has 0 aliphatic rings. The molecule has 2 aromatic heterocycles. The highest BCUT2D eigenvalue weighted by Gasteiger charge is 2.25. The van der Waals surface area contributed by atoms with Crippen LogP contribution < -0.4 is 5.32 Å². The lowest BCUT2D eigenvalue weighted by Crippen LogP contribution is -2.25. The van der Waals surface area contributed by atoms with Crippen LogP contribution in [0.5, 0.6) is 0 Å². The van der Waals surface area contributed by atoms with Crippen molar-refractivity contribution in [2.75, 3.05) is 5.32 Å². The number of nitrogens with zero attached hydrogens (tertiary/aromatic N) is 4. The average Bonchev–Trinajstić information content (AvgIpc) is 2.94. The zero-order chi connectivity index (χ0) is 15.7. The van der Waals surface area contributed by atoms with Gasteiger partial charge >= 0.3 is 0 Å². The Morgan fingerprint density at radius 2 is 2.10 bits per heavy atom. The van der Waals surface area contributed by atoms with Crippen molar-refractivity contribution < 1.29 is 13.6 Å². The van der Waals surface area contributed by atoms with Crippen molar-refractivity contribution in [1.29, 1.82) is 0 Å². The molecule has 0 radical (unpaired) electrons. The first-order valence-corrected chi connectivity index (χ1v) is 6.93. The van der Waals surface area contributed by atoms with Crippen LogP contribution >= 0.6 is 15.9 Å². The molecule has 0 fully saturated rings. The summed E-state index contributed by atoms with van der Waals surface area (Å²) >= 11 is 3.08. The number of carbonyl (C=O) groups is 1.